The molecule has 1 aromatic carbocycles. The van der Waals surface area contributed by atoms with Crippen molar-refractivity contribution in [1.82, 2.24) is 10.3 Å². The van der Waals surface area contributed by atoms with Crippen LogP contribution in [0.2, 0.25) is 0 Å². The summed E-state index contributed by atoms with van der Waals surface area (Å²) in [6.45, 7) is 1.99. The second kappa shape index (κ2) is 7.67. The lowest BCUT2D eigenvalue weighted by Crippen LogP contribution is -2.41. The van der Waals surface area contributed by atoms with Crippen LogP contribution < -0.4 is 10.1 Å². The number of H-pyrrole nitrogens is 1. The van der Waals surface area contributed by atoms with Crippen LogP contribution in [0.4, 0.5) is 0 Å². The summed E-state index contributed by atoms with van der Waals surface area (Å²) in [5, 5.41) is 12.6. The molecule has 0 saturated heterocycles. The summed E-state index contributed by atoms with van der Waals surface area (Å²) in [4.78, 5) is 26.5. The maximum Gasteiger partial charge on any atom is 0.326 e. The Morgan fingerprint density at radius 3 is 2.83 bits per heavy atom. The van der Waals surface area contributed by atoms with Gasteiger partial charge in [-0.3, -0.25) is 4.79 Å². The Labute approximate surface area is 134 Å². The van der Waals surface area contributed by atoms with Crippen molar-refractivity contribution < 1.29 is 19.4 Å². The van der Waals surface area contributed by atoms with Crippen molar-refractivity contribution in [3.8, 4) is 5.75 Å². The number of ether oxygens (including phenoxy) is 1. The Kier molecular flexibility index (Phi) is 5.62. The summed E-state index contributed by atoms with van der Waals surface area (Å²) in [7, 11) is 1.58. The smallest absolute Gasteiger partial charge is 0.326 e. The highest BCUT2D eigenvalue weighted by atomic mass is 16.5. The van der Waals surface area contributed by atoms with Crippen molar-refractivity contribution in [1.29, 1.82) is 0 Å². The van der Waals surface area contributed by atoms with Crippen LogP contribution in [-0.2, 0) is 16.0 Å². The summed E-state index contributed by atoms with van der Waals surface area (Å²) in [5.74, 6) is -0.615. The Bertz CT molecular complexity index is 693. The molecule has 1 aromatic heterocycles. The monoisotopic (exact) mass is 318 g/mol. The van der Waals surface area contributed by atoms with Gasteiger partial charge >= 0.3 is 5.97 Å². The van der Waals surface area contributed by atoms with E-state index in [0.717, 1.165) is 29.3 Å². The van der Waals surface area contributed by atoms with Crippen molar-refractivity contribution in [2.24, 2.45) is 0 Å². The molecule has 6 nitrogen and oxygen atoms in total. The molecule has 3 N–H and O–H groups in total. The second-order valence-electron chi connectivity index (χ2n) is 5.47. The lowest BCUT2D eigenvalue weighted by atomic mass is 10.1. The minimum atomic E-state index is -0.997. The Morgan fingerprint density at radius 2 is 2.17 bits per heavy atom. The maximum absolute atomic E-state index is 12.2. The predicted octanol–water partition coefficient (Wildman–Crippen LogP) is 2.48. The molecule has 23 heavy (non-hydrogen) atoms. The molecule has 1 amide bonds. The lowest BCUT2D eigenvalue weighted by molar-refractivity contribution is -0.141. The van der Waals surface area contributed by atoms with Crippen LogP contribution in [0.25, 0.3) is 10.9 Å². The number of aromatic amines is 1. The van der Waals surface area contributed by atoms with Crippen molar-refractivity contribution in [3.05, 3.63) is 30.0 Å². The molecule has 0 aliphatic carbocycles. The number of amides is 1. The quantitative estimate of drug-likeness (QED) is 0.697. The maximum atomic E-state index is 12.2. The van der Waals surface area contributed by atoms with E-state index in [9.17, 15) is 14.7 Å². The Morgan fingerprint density at radius 1 is 1.39 bits per heavy atom. The third kappa shape index (κ3) is 4.03. The number of carboxylic acids is 1. The molecule has 0 spiro atoms. The molecule has 1 unspecified atom stereocenters. The molecule has 6 heteroatoms. The van der Waals surface area contributed by atoms with Gasteiger partial charge in [-0.1, -0.05) is 25.8 Å². The number of unbranched alkanes of at least 4 members (excludes halogenated alkanes) is 1. The zero-order chi connectivity index (χ0) is 16.8. The number of carbonyl (C=O) groups excluding carboxylic acids is 1. The van der Waals surface area contributed by atoms with E-state index in [-0.39, 0.29) is 12.3 Å². The van der Waals surface area contributed by atoms with Gasteiger partial charge in [-0.15, -0.1) is 0 Å². The molecule has 2 rings (SSSR count). The molecule has 0 aliphatic heterocycles. The van der Waals surface area contributed by atoms with Crippen LogP contribution in [0.1, 0.15) is 31.7 Å². The van der Waals surface area contributed by atoms with Crippen molar-refractivity contribution in [2.75, 3.05) is 7.11 Å². The van der Waals surface area contributed by atoms with E-state index in [1.54, 1.807) is 13.3 Å². The number of aliphatic carboxylic acids is 1. The van der Waals surface area contributed by atoms with Gasteiger partial charge in [-0.25, -0.2) is 4.79 Å². The summed E-state index contributed by atoms with van der Waals surface area (Å²) in [6.07, 6.45) is 3.96. The minimum Gasteiger partial charge on any atom is -0.496 e. The van der Waals surface area contributed by atoms with E-state index in [1.165, 1.54) is 0 Å². The number of hydrogen-bond acceptors (Lipinski definition) is 3. The zero-order valence-electron chi connectivity index (χ0n) is 13.4. The zero-order valence-corrected chi connectivity index (χ0v) is 13.4. The van der Waals surface area contributed by atoms with Crippen LogP contribution in [-0.4, -0.2) is 35.1 Å². The fourth-order valence-corrected chi connectivity index (χ4v) is 2.61. The van der Waals surface area contributed by atoms with Gasteiger partial charge in [0.15, 0.2) is 0 Å². The molecule has 1 heterocycles. The number of benzene rings is 1. The highest BCUT2D eigenvalue weighted by Gasteiger charge is 2.20. The molecule has 0 aliphatic rings. The van der Waals surface area contributed by atoms with E-state index in [1.807, 2.05) is 25.1 Å². The van der Waals surface area contributed by atoms with E-state index in [2.05, 4.69) is 10.3 Å². The fraction of sp³-hybridized carbons (Fsp3) is 0.412. The van der Waals surface area contributed by atoms with E-state index >= 15 is 0 Å². The molecule has 0 bridgehead atoms. The largest absolute Gasteiger partial charge is 0.496 e. The molecule has 124 valence electrons. The molecule has 1 atom stereocenters. The standard InChI is InChI=1S/C17H22N2O4/c1-3-4-6-13(17(21)22)19-15(20)9-11-10-18-12-7-5-8-14(23-2)16(11)12/h5,7-8,10,13,18H,3-4,6,9H2,1-2H3,(H,19,20)(H,21,22). The van der Waals surface area contributed by atoms with Gasteiger partial charge in [0, 0.05) is 17.1 Å². The first-order valence-corrected chi connectivity index (χ1v) is 7.72. The van der Waals surface area contributed by atoms with Gasteiger partial charge in [0.2, 0.25) is 5.91 Å². The van der Waals surface area contributed by atoms with Crippen molar-refractivity contribution in [3.63, 3.8) is 0 Å². The second-order valence-corrected chi connectivity index (χ2v) is 5.47. The Hall–Kier alpha value is -2.50. The topological polar surface area (TPSA) is 91.4 Å². The van der Waals surface area contributed by atoms with E-state index in [4.69, 9.17) is 4.74 Å². The van der Waals surface area contributed by atoms with Gasteiger partial charge in [0.1, 0.15) is 11.8 Å². The third-order valence-electron chi connectivity index (χ3n) is 3.80. The fourth-order valence-electron chi connectivity index (χ4n) is 2.61. The first kappa shape index (κ1) is 16.9. The van der Waals surface area contributed by atoms with Crippen LogP contribution >= 0.6 is 0 Å². The van der Waals surface area contributed by atoms with Gasteiger partial charge in [0.25, 0.3) is 0 Å². The van der Waals surface area contributed by atoms with Crippen LogP contribution in [0.3, 0.4) is 0 Å². The number of methoxy groups -OCH3 is 1. The van der Waals surface area contributed by atoms with Crippen LogP contribution in [0.5, 0.6) is 5.75 Å². The normalized spacial score (nSPS) is 12.1. The summed E-state index contributed by atoms with van der Waals surface area (Å²) in [5.41, 5.74) is 1.67. The van der Waals surface area contributed by atoms with E-state index < -0.39 is 12.0 Å². The first-order chi connectivity index (χ1) is 11.1. The minimum absolute atomic E-state index is 0.107. The average molecular weight is 318 g/mol. The number of carboxylic acid groups (broad SMARTS) is 1. The van der Waals surface area contributed by atoms with E-state index in [0.29, 0.717) is 12.2 Å². The number of carbonyl (C=O) groups is 2. The van der Waals surface area contributed by atoms with Gasteiger partial charge in [-0.05, 0) is 24.1 Å². The summed E-state index contributed by atoms with van der Waals surface area (Å²) >= 11 is 0. The lowest BCUT2D eigenvalue weighted by Gasteiger charge is -2.14. The highest BCUT2D eigenvalue weighted by molar-refractivity contribution is 5.93. The number of hydrogen-bond donors (Lipinski definition) is 3. The Balaban J connectivity index is 2.12. The summed E-state index contributed by atoms with van der Waals surface area (Å²) < 4.78 is 5.33. The molecule has 0 fully saturated rings. The van der Waals surface area contributed by atoms with Gasteiger partial charge in [0.05, 0.1) is 13.5 Å². The molecule has 0 radical (unpaired) electrons. The number of rotatable bonds is 8. The number of aromatic nitrogens is 1. The van der Waals surface area contributed by atoms with Crippen LogP contribution in [0, 0.1) is 0 Å². The van der Waals surface area contributed by atoms with Crippen molar-refractivity contribution >= 4 is 22.8 Å². The highest BCUT2D eigenvalue weighted by Crippen LogP contribution is 2.28. The SMILES string of the molecule is CCCCC(NC(=O)Cc1c[nH]c2cccc(OC)c12)C(=O)O. The van der Waals surface area contributed by atoms with Crippen LogP contribution in [0.15, 0.2) is 24.4 Å². The first-order valence-electron chi connectivity index (χ1n) is 7.72. The van der Waals surface area contributed by atoms with Crippen molar-refractivity contribution in [2.45, 2.75) is 38.6 Å². The average Bonchev–Trinajstić information content (AvgIpc) is 2.94. The molecular weight excluding hydrogens is 296 g/mol. The molecule has 0 saturated carbocycles. The number of nitrogens with one attached hydrogen (secondary N) is 2. The third-order valence-corrected chi connectivity index (χ3v) is 3.80. The summed E-state index contributed by atoms with van der Waals surface area (Å²) in [6, 6.07) is 4.76. The van der Waals surface area contributed by atoms with Gasteiger partial charge in [-0.2, -0.15) is 0 Å². The molecular formula is C17H22N2O4. The predicted molar refractivity (Wildman–Crippen MR) is 87.6 cm³/mol. The van der Waals surface area contributed by atoms with Gasteiger partial charge < -0.3 is 20.1 Å². The molecule has 2 aromatic rings. The number of fused-ring (bicyclic) bond motifs is 1.